The average Bonchev–Trinajstić information content (AvgIpc) is 3.02. The second-order valence-electron chi connectivity index (χ2n) is 7.66. The Morgan fingerprint density at radius 2 is 1.90 bits per heavy atom. The number of pyridine rings is 2. The Morgan fingerprint density at radius 1 is 1.06 bits per heavy atom. The number of amides is 1. The summed E-state index contributed by atoms with van der Waals surface area (Å²) in [4.78, 5) is 39.1. The molecule has 1 aliphatic heterocycles. The predicted octanol–water partition coefficient (Wildman–Crippen LogP) is 3.51. The molecule has 0 bridgehead atoms. The Balaban J connectivity index is 1.50. The maximum atomic E-state index is 13.0. The Bertz CT molecular complexity index is 1320. The molecule has 7 nitrogen and oxygen atoms in total. The summed E-state index contributed by atoms with van der Waals surface area (Å²) in [7, 11) is 0. The first-order valence-electron chi connectivity index (χ1n) is 10.4. The van der Waals surface area contributed by atoms with Crippen LogP contribution in [0, 0.1) is 0 Å². The molecule has 0 aliphatic carbocycles. The van der Waals surface area contributed by atoms with Crippen molar-refractivity contribution in [3.05, 3.63) is 88.9 Å². The van der Waals surface area contributed by atoms with E-state index in [-0.39, 0.29) is 17.5 Å². The van der Waals surface area contributed by atoms with E-state index in [1.807, 2.05) is 42.5 Å². The van der Waals surface area contributed by atoms with Gasteiger partial charge in [-0.3, -0.25) is 24.1 Å². The SMILES string of the molecule is O=C(NC1CCCCn2c1nc(-c1ccncc1)cc2=O)c1cnc2ccccc2c1. The molecular formula is C24H21N5O2. The first-order valence-corrected chi connectivity index (χ1v) is 10.4. The number of hydrogen-bond donors (Lipinski definition) is 1. The summed E-state index contributed by atoms with van der Waals surface area (Å²) < 4.78 is 1.68. The van der Waals surface area contributed by atoms with E-state index in [1.165, 1.54) is 0 Å². The van der Waals surface area contributed by atoms with Gasteiger partial charge in [0.2, 0.25) is 0 Å². The first-order chi connectivity index (χ1) is 15.2. The van der Waals surface area contributed by atoms with Gasteiger partial charge in [-0.2, -0.15) is 0 Å². The lowest BCUT2D eigenvalue weighted by Crippen LogP contribution is -2.34. The number of rotatable bonds is 3. The van der Waals surface area contributed by atoms with Crippen LogP contribution in [-0.2, 0) is 6.54 Å². The number of para-hydroxylation sites is 1. The zero-order valence-electron chi connectivity index (χ0n) is 16.9. The van der Waals surface area contributed by atoms with E-state index >= 15 is 0 Å². The van der Waals surface area contributed by atoms with Crippen molar-refractivity contribution in [2.45, 2.75) is 31.8 Å². The number of fused-ring (bicyclic) bond motifs is 2. The molecule has 3 aromatic heterocycles. The van der Waals surface area contributed by atoms with E-state index in [4.69, 9.17) is 4.98 Å². The van der Waals surface area contributed by atoms with E-state index in [0.717, 1.165) is 35.7 Å². The van der Waals surface area contributed by atoms with Crippen LogP contribution in [0.4, 0.5) is 0 Å². The molecule has 5 rings (SSSR count). The largest absolute Gasteiger partial charge is 0.342 e. The highest BCUT2D eigenvalue weighted by atomic mass is 16.2. The van der Waals surface area contributed by atoms with Crippen LogP contribution in [0.25, 0.3) is 22.2 Å². The van der Waals surface area contributed by atoms with Crippen LogP contribution in [0.3, 0.4) is 0 Å². The third kappa shape index (κ3) is 3.82. The summed E-state index contributed by atoms with van der Waals surface area (Å²) in [5.41, 5.74) is 2.64. The van der Waals surface area contributed by atoms with Gasteiger partial charge in [-0.05, 0) is 43.5 Å². The molecule has 7 heteroatoms. The molecule has 1 N–H and O–H groups in total. The molecule has 1 aliphatic rings. The fourth-order valence-corrected chi connectivity index (χ4v) is 4.01. The lowest BCUT2D eigenvalue weighted by Gasteiger charge is -2.20. The molecule has 4 aromatic rings. The van der Waals surface area contributed by atoms with Gasteiger partial charge in [0, 0.05) is 42.2 Å². The summed E-state index contributed by atoms with van der Waals surface area (Å²) in [5.74, 6) is 0.374. The summed E-state index contributed by atoms with van der Waals surface area (Å²) in [6, 6.07) is 14.4. The number of hydrogen-bond acceptors (Lipinski definition) is 5. The van der Waals surface area contributed by atoms with Gasteiger partial charge in [0.15, 0.2) is 0 Å². The predicted molar refractivity (Wildman–Crippen MR) is 118 cm³/mol. The van der Waals surface area contributed by atoms with E-state index in [0.29, 0.717) is 23.6 Å². The van der Waals surface area contributed by atoms with Crippen LogP contribution in [0.15, 0.2) is 71.9 Å². The Morgan fingerprint density at radius 3 is 2.77 bits per heavy atom. The van der Waals surface area contributed by atoms with Crippen molar-refractivity contribution in [2.24, 2.45) is 0 Å². The number of nitrogens with one attached hydrogen (secondary N) is 1. The molecule has 1 amide bonds. The van der Waals surface area contributed by atoms with Gasteiger partial charge >= 0.3 is 0 Å². The maximum Gasteiger partial charge on any atom is 0.254 e. The van der Waals surface area contributed by atoms with Gasteiger partial charge in [0.1, 0.15) is 5.82 Å². The highest BCUT2D eigenvalue weighted by Crippen LogP contribution is 2.25. The Kier molecular flexibility index (Phi) is 5.00. The highest BCUT2D eigenvalue weighted by molar-refractivity contribution is 5.97. The highest BCUT2D eigenvalue weighted by Gasteiger charge is 2.24. The zero-order chi connectivity index (χ0) is 21.2. The smallest absolute Gasteiger partial charge is 0.254 e. The third-order valence-corrected chi connectivity index (χ3v) is 5.61. The molecule has 31 heavy (non-hydrogen) atoms. The summed E-state index contributed by atoms with van der Waals surface area (Å²) >= 11 is 0. The Labute approximate surface area is 178 Å². The molecule has 0 radical (unpaired) electrons. The van der Waals surface area contributed by atoms with Crippen molar-refractivity contribution < 1.29 is 4.79 Å². The normalized spacial score (nSPS) is 15.8. The van der Waals surface area contributed by atoms with Gasteiger partial charge in [-0.25, -0.2) is 4.98 Å². The van der Waals surface area contributed by atoms with Crippen LogP contribution in [0.1, 0.15) is 41.5 Å². The maximum absolute atomic E-state index is 13.0. The summed E-state index contributed by atoms with van der Waals surface area (Å²) in [5, 5.41) is 4.00. The standard InChI is InChI=1S/C24H21N5O2/c30-22-14-21(16-8-10-25-11-9-16)27-23-20(7-3-4-12-29(22)23)28-24(31)18-13-17-5-1-2-6-19(17)26-15-18/h1-2,5-6,8-11,13-15,20H,3-4,7,12H2,(H,28,31). The van der Waals surface area contributed by atoms with Crippen LogP contribution in [-0.4, -0.2) is 25.4 Å². The lowest BCUT2D eigenvalue weighted by atomic mass is 10.1. The van der Waals surface area contributed by atoms with Gasteiger partial charge in [-0.1, -0.05) is 18.2 Å². The van der Waals surface area contributed by atoms with Gasteiger partial charge < -0.3 is 5.32 Å². The molecular weight excluding hydrogens is 390 g/mol. The van der Waals surface area contributed by atoms with Crippen molar-refractivity contribution >= 4 is 16.8 Å². The molecule has 0 saturated carbocycles. The van der Waals surface area contributed by atoms with Crippen molar-refractivity contribution in [1.82, 2.24) is 24.8 Å². The topological polar surface area (TPSA) is 89.8 Å². The molecule has 154 valence electrons. The summed E-state index contributed by atoms with van der Waals surface area (Å²) in [6.45, 7) is 0.599. The number of carbonyl (C=O) groups excluding carboxylic acids is 1. The third-order valence-electron chi connectivity index (χ3n) is 5.61. The first kappa shape index (κ1) is 19.1. The molecule has 4 heterocycles. The molecule has 1 aromatic carbocycles. The monoisotopic (exact) mass is 411 g/mol. The number of aromatic nitrogens is 4. The zero-order valence-corrected chi connectivity index (χ0v) is 16.9. The molecule has 0 fully saturated rings. The van der Waals surface area contributed by atoms with E-state index < -0.39 is 0 Å². The van der Waals surface area contributed by atoms with Crippen molar-refractivity contribution in [3.8, 4) is 11.3 Å². The second kappa shape index (κ2) is 8.10. The fraction of sp³-hybridized carbons (Fsp3) is 0.208. The van der Waals surface area contributed by atoms with Crippen LogP contribution in [0.5, 0.6) is 0 Å². The minimum Gasteiger partial charge on any atom is -0.342 e. The van der Waals surface area contributed by atoms with Gasteiger partial charge in [-0.15, -0.1) is 0 Å². The fourth-order valence-electron chi connectivity index (χ4n) is 4.01. The van der Waals surface area contributed by atoms with Crippen LogP contribution in [0.2, 0.25) is 0 Å². The second-order valence-corrected chi connectivity index (χ2v) is 7.66. The lowest BCUT2D eigenvalue weighted by molar-refractivity contribution is 0.0932. The number of nitrogens with zero attached hydrogens (tertiary/aromatic N) is 4. The van der Waals surface area contributed by atoms with Crippen LogP contribution >= 0.6 is 0 Å². The average molecular weight is 411 g/mol. The summed E-state index contributed by atoms with van der Waals surface area (Å²) in [6.07, 6.45) is 7.42. The Hall–Kier alpha value is -3.87. The molecule has 0 spiro atoms. The van der Waals surface area contributed by atoms with E-state index in [1.54, 1.807) is 29.2 Å². The molecule has 0 saturated heterocycles. The van der Waals surface area contributed by atoms with Crippen LogP contribution < -0.4 is 10.9 Å². The number of carbonyl (C=O) groups is 1. The quantitative estimate of drug-likeness (QED) is 0.557. The minimum absolute atomic E-state index is 0.106. The minimum atomic E-state index is -0.351. The van der Waals surface area contributed by atoms with Gasteiger partial charge in [0.05, 0.1) is 22.8 Å². The van der Waals surface area contributed by atoms with E-state index in [9.17, 15) is 9.59 Å². The molecule has 1 unspecified atom stereocenters. The van der Waals surface area contributed by atoms with Crippen molar-refractivity contribution in [2.75, 3.05) is 0 Å². The van der Waals surface area contributed by atoms with Crippen molar-refractivity contribution in [1.29, 1.82) is 0 Å². The van der Waals surface area contributed by atoms with Gasteiger partial charge in [0.25, 0.3) is 11.5 Å². The van der Waals surface area contributed by atoms with E-state index in [2.05, 4.69) is 15.3 Å². The van der Waals surface area contributed by atoms with Crippen molar-refractivity contribution in [3.63, 3.8) is 0 Å². The number of benzene rings is 1. The molecule has 1 atom stereocenters.